The maximum absolute atomic E-state index is 5.89. The monoisotopic (exact) mass is 553 g/mol. The lowest BCUT2D eigenvalue weighted by Crippen LogP contribution is -2.56. The molecule has 1 fully saturated rings. The van der Waals surface area contributed by atoms with Gasteiger partial charge >= 0.3 is 0 Å². The SMILES string of the molecule is CCNC(=NCc1cccc(OCc2ccccn2)c1)NCC(C)(C)N1CCOCC1.I. The highest BCUT2D eigenvalue weighted by Crippen LogP contribution is 2.16. The van der Waals surface area contributed by atoms with Crippen molar-refractivity contribution in [1.82, 2.24) is 20.5 Å². The minimum Gasteiger partial charge on any atom is -0.487 e. The van der Waals surface area contributed by atoms with Gasteiger partial charge in [0.05, 0.1) is 25.5 Å². The molecule has 2 aromatic rings. The van der Waals surface area contributed by atoms with Gasteiger partial charge in [-0.05, 0) is 50.6 Å². The van der Waals surface area contributed by atoms with E-state index in [-0.39, 0.29) is 29.5 Å². The van der Waals surface area contributed by atoms with Crippen LogP contribution in [0.2, 0.25) is 0 Å². The predicted molar refractivity (Wildman–Crippen MR) is 140 cm³/mol. The third-order valence-electron chi connectivity index (χ3n) is 5.33. The molecule has 3 rings (SSSR count). The van der Waals surface area contributed by atoms with Crippen molar-refractivity contribution in [2.75, 3.05) is 39.4 Å². The topological polar surface area (TPSA) is 71.0 Å². The molecule has 1 aliphatic rings. The first-order chi connectivity index (χ1) is 15.1. The Morgan fingerprint density at radius 3 is 2.69 bits per heavy atom. The van der Waals surface area contributed by atoms with E-state index in [1.807, 2.05) is 36.4 Å². The summed E-state index contributed by atoms with van der Waals surface area (Å²) in [5, 5.41) is 6.85. The fourth-order valence-corrected chi connectivity index (χ4v) is 3.47. The van der Waals surface area contributed by atoms with E-state index in [9.17, 15) is 0 Å². The highest BCUT2D eigenvalue weighted by Gasteiger charge is 2.28. The number of ether oxygens (including phenoxy) is 2. The molecule has 1 saturated heterocycles. The molecule has 0 bridgehead atoms. The van der Waals surface area contributed by atoms with Crippen LogP contribution in [-0.2, 0) is 17.9 Å². The molecule has 0 radical (unpaired) electrons. The van der Waals surface area contributed by atoms with Gasteiger partial charge in [0, 0.05) is 37.9 Å². The molecule has 0 aliphatic carbocycles. The molecule has 0 unspecified atom stereocenters. The molecule has 7 nitrogen and oxygen atoms in total. The Balaban J connectivity index is 0.00000363. The molecule has 0 amide bonds. The number of aromatic nitrogens is 1. The molecule has 32 heavy (non-hydrogen) atoms. The van der Waals surface area contributed by atoms with Crippen LogP contribution >= 0.6 is 24.0 Å². The second-order valence-corrected chi connectivity index (χ2v) is 8.22. The highest BCUT2D eigenvalue weighted by molar-refractivity contribution is 14.0. The van der Waals surface area contributed by atoms with Gasteiger partial charge in [-0.1, -0.05) is 18.2 Å². The first-order valence-electron chi connectivity index (χ1n) is 11.0. The van der Waals surface area contributed by atoms with Crippen molar-refractivity contribution in [1.29, 1.82) is 0 Å². The lowest BCUT2D eigenvalue weighted by molar-refractivity contribution is -0.00834. The summed E-state index contributed by atoms with van der Waals surface area (Å²) in [6, 6.07) is 13.9. The predicted octanol–water partition coefficient (Wildman–Crippen LogP) is 3.44. The Bertz CT molecular complexity index is 826. The van der Waals surface area contributed by atoms with Crippen LogP contribution in [0.3, 0.4) is 0 Å². The number of hydrogen-bond donors (Lipinski definition) is 2. The maximum Gasteiger partial charge on any atom is 0.191 e. The second-order valence-electron chi connectivity index (χ2n) is 8.22. The van der Waals surface area contributed by atoms with Crippen LogP contribution in [-0.4, -0.2) is 60.8 Å². The molecule has 1 aromatic carbocycles. The van der Waals surface area contributed by atoms with Gasteiger partial charge in [0.25, 0.3) is 0 Å². The molecular formula is C24H36IN5O2. The van der Waals surface area contributed by atoms with Gasteiger partial charge in [0.15, 0.2) is 5.96 Å². The van der Waals surface area contributed by atoms with E-state index in [1.54, 1.807) is 6.20 Å². The second kappa shape index (κ2) is 13.6. The van der Waals surface area contributed by atoms with Crippen molar-refractivity contribution >= 4 is 29.9 Å². The van der Waals surface area contributed by atoms with Crippen LogP contribution in [0, 0.1) is 0 Å². The number of aliphatic imine (C=N–C) groups is 1. The van der Waals surface area contributed by atoms with Crippen LogP contribution in [0.5, 0.6) is 5.75 Å². The van der Waals surface area contributed by atoms with Gasteiger partial charge in [0.2, 0.25) is 0 Å². The van der Waals surface area contributed by atoms with Crippen LogP contribution in [0.15, 0.2) is 53.7 Å². The summed E-state index contributed by atoms with van der Waals surface area (Å²) < 4.78 is 11.4. The lowest BCUT2D eigenvalue weighted by atomic mass is 10.0. The van der Waals surface area contributed by atoms with E-state index in [1.165, 1.54) is 0 Å². The number of hydrogen-bond acceptors (Lipinski definition) is 5. The number of nitrogens with one attached hydrogen (secondary N) is 2. The number of rotatable bonds is 9. The first kappa shape index (κ1) is 26.3. The van der Waals surface area contributed by atoms with Gasteiger partial charge in [0.1, 0.15) is 12.4 Å². The van der Waals surface area contributed by atoms with Gasteiger partial charge in [-0.15, -0.1) is 24.0 Å². The van der Waals surface area contributed by atoms with E-state index in [2.05, 4.69) is 47.4 Å². The summed E-state index contributed by atoms with van der Waals surface area (Å²) in [5.74, 6) is 1.65. The van der Waals surface area contributed by atoms with Crippen molar-refractivity contribution in [2.45, 2.75) is 39.5 Å². The summed E-state index contributed by atoms with van der Waals surface area (Å²) in [4.78, 5) is 11.5. The number of benzene rings is 1. The van der Waals surface area contributed by atoms with Crippen molar-refractivity contribution in [3.8, 4) is 5.75 Å². The molecule has 2 heterocycles. The Hall–Kier alpha value is -1.91. The summed E-state index contributed by atoms with van der Waals surface area (Å²) in [7, 11) is 0. The Labute approximate surface area is 209 Å². The van der Waals surface area contributed by atoms with Crippen LogP contribution in [0.1, 0.15) is 32.0 Å². The first-order valence-corrected chi connectivity index (χ1v) is 11.0. The van der Waals surface area contributed by atoms with E-state index in [0.29, 0.717) is 13.2 Å². The standard InChI is InChI=1S/C24H35N5O2.HI/c1-4-25-23(28-19-24(2,3)29-12-14-30-15-13-29)27-17-20-8-7-10-22(16-20)31-18-21-9-5-6-11-26-21;/h5-11,16H,4,12-15,17-19H2,1-3H3,(H2,25,27,28);1H. The fourth-order valence-electron chi connectivity index (χ4n) is 3.47. The number of halogens is 1. The maximum atomic E-state index is 5.89. The van der Waals surface area contributed by atoms with E-state index in [0.717, 1.165) is 62.4 Å². The van der Waals surface area contributed by atoms with Gasteiger partial charge in [-0.2, -0.15) is 0 Å². The Kier molecular flexibility index (Phi) is 11.2. The summed E-state index contributed by atoms with van der Waals surface area (Å²) in [6.45, 7) is 12.8. The highest BCUT2D eigenvalue weighted by atomic mass is 127. The number of guanidine groups is 1. The van der Waals surface area contributed by atoms with Gasteiger partial charge in [-0.25, -0.2) is 4.99 Å². The zero-order valence-corrected chi connectivity index (χ0v) is 21.7. The summed E-state index contributed by atoms with van der Waals surface area (Å²) >= 11 is 0. The molecular weight excluding hydrogens is 517 g/mol. The lowest BCUT2D eigenvalue weighted by Gasteiger charge is -2.41. The Morgan fingerprint density at radius 2 is 1.97 bits per heavy atom. The number of pyridine rings is 1. The van der Waals surface area contributed by atoms with Crippen molar-refractivity contribution in [3.63, 3.8) is 0 Å². The number of morpholine rings is 1. The third-order valence-corrected chi connectivity index (χ3v) is 5.33. The van der Waals surface area contributed by atoms with E-state index >= 15 is 0 Å². The van der Waals surface area contributed by atoms with E-state index < -0.39 is 0 Å². The molecule has 0 spiro atoms. The molecule has 176 valence electrons. The van der Waals surface area contributed by atoms with E-state index in [4.69, 9.17) is 14.5 Å². The van der Waals surface area contributed by atoms with Crippen molar-refractivity contribution < 1.29 is 9.47 Å². The molecule has 0 atom stereocenters. The smallest absolute Gasteiger partial charge is 0.191 e. The van der Waals surface area contributed by atoms with Crippen LogP contribution in [0.25, 0.3) is 0 Å². The average Bonchev–Trinajstić information content (AvgIpc) is 2.81. The zero-order valence-electron chi connectivity index (χ0n) is 19.3. The normalized spacial score (nSPS) is 15.0. The third kappa shape index (κ3) is 8.55. The Morgan fingerprint density at radius 1 is 1.16 bits per heavy atom. The van der Waals surface area contributed by atoms with Crippen LogP contribution in [0.4, 0.5) is 0 Å². The minimum atomic E-state index is 0. The number of nitrogens with zero attached hydrogens (tertiary/aromatic N) is 3. The average molecular weight is 553 g/mol. The molecule has 1 aliphatic heterocycles. The quantitative estimate of drug-likeness (QED) is 0.282. The molecule has 2 N–H and O–H groups in total. The van der Waals surface area contributed by atoms with Crippen molar-refractivity contribution in [3.05, 3.63) is 59.9 Å². The van der Waals surface area contributed by atoms with Gasteiger partial charge < -0.3 is 20.1 Å². The molecule has 0 saturated carbocycles. The van der Waals surface area contributed by atoms with Crippen molar-refractivity contribution in [2.24, 2.45) is 4.99 Å². The van der Waals surface area contributed by atoms with Crippen LogP contribution < -0.4 is 15.4 Å². The van der Waals surface area contributed by atoms with Gasteiger partial charge in [-0.3, -0.25) is 9.88 Å². The zero-order chi connectivity index (χ0) is 21.9. The largest absolute Gasteiger partial charge is 0.487 e. The molecule has 8 heteroatoms. The molecule has 1 aromatic heterocycles. The summed E-state index contributed by atoms with van der Waals surface area (Å²) in [5.41, 5.74) is 2.04. The fraction of sp³-hybridized carbons (Fsp3) is 0.500. The minimum absolute atomic E-state index is 0. The summed E-state index contributed by atoms with van der Waals surface area (Å²) in [6.07, 6.45) is 1.78.